The third kappa shape index (κ3) is 2.32. The van der Waals surface area contributed by atoms with Crippen LogP contribution < -0.4 is 0 Å². The van der Waals surface area contributed by atoms with Gasteiger partial charge in [-0.2, -0.15) is 0 Å². The van der Waals surface area contributed by atoms with Crippen molar-refractivity contribution < 1.29 is 27.8 Å². The summed E-state index contributed by atoms with van der Waals surface area (Å²) >= 11 is 0. The van der Waals surface area contributed by atoms with E-state index in [0.29, 0.717) is 26.1 Å². The Morgan fingerprint density at radius 2 is 1.65 bits per heavy atom. The topological polar surface area (TPSA) is 38.7 Å². The molecule has 0 bridgehead atoms. The lowest BCUT2D eigenvalue weighted by Crippen LogP contribution is -2.48. The number of aliphatic hydroxyl groups is 1. The lowest BCUT2D eigenvalue weighted by atomic mass is 9.76. The summed E-state index contributed by atoms with van der Waals surface area (Å²) in [6.07, 6.45) is 0.601. The van der Waals surface area contributed by atoms with Gasteiger partial charge in [-0.05, 0) is 30.5 Å². The number of fused-ring (bicyclic) bond motifs is 1. The van der Waals surface area contributed by atoms with E-state index in [-0.39, 0.29) is 24.2 Å². The minimum Gasteiger partial charge on any atom is -0.385 e. The fourth-order valence-electron chi connectivity index (χ4n) is 2.98. The molecule has 20 heavy (non-hydrogen) atoms. The molecule has 3 atom stereocenters. The first-order valence-corrected chi connectivity index (χ1v) is 6.60. The predicted molar refractivity (Wildman–Crippen MR) is 63.5 cm³/mol. The van der Waals surface area contributed by atoms with Crippen LogP contribution in [0.25, 0.3) is 0 Å². The van der Waals surface area contributed by atoms with Crippen molar-refractivity contribution >= 4 is 0 Å². The fraction of sp³-hybridized carbons (Fsp3) is 0.571. The Labute approximate surface area is 114 Å². The van der Waals surface area contributed by atoms with Crippen LogP contribution in [0.2, 0.25) is 0 Å². The Bertz CT molecular complexity index is 499. The maximum Gasteiger partial charge on any atom is 0.194 e. The van der Waals surface area contributed by atoms with E-state index in [4.69, 9.17) is 9.47 Å². The molecule has 3 nitrogen and oxygen atoms in total. The van der Waals surface area contributed by atoms with Gasteiger partial charge in [-0.25, -0.2) is 13.2 Å². The van der Waals surface area contributed by atoms with E-state index in [2.05, 4.69) is 0 Å². The lowest BCUT2D eigenvalue weighted by Gasteiger charge is -2.43. The quantitative estimate of drug-likeness (QED) is 0.806. The van der Waals surface area contributed by atoms with Crippen LogP contribution in [0, 0.1) is 17.5 Å². The van der Waals surface area contributed by atoms with Gasteiger partial charge in [-0.3, -0.25) is 0 Å². The van der Waals surface area contributed by atoms with Crippen molar-refractivity contribution in [2.45, 2.75) is 37.1 Å². The van der Waals surface area contributed by atoms with Crippen molar-refractivity contribution in [3.05, 3.63) is 35.1 Å². The SMILES string of the molecule is OC1(c2cc(F)c(F)c(F)c2)CCC2OCCOC2C1. The first kappa shape index (κ1) is 13.9. The highest BCUT2D eigenvalue weighted by molar-refractivity contribution is 5.26. The van der Waals surface area contributed by atoms with Crippen molar-refractivity contribution in [2.24, 2.45) is 0 Å². The number of rotatable bonds is 1. The second-order valence-electron chi connectivity index (χ2n) is 5.35. The summed E-state index contributed by atoms with van der Waals surface area (Å²) in [5.74, 6) is -4.11. The van der Waals surface area contributed by atoms with E-state index in [1.165, 1.54) is 0 Å². The van der Waals surface area contributed by atoms with Crippen LogP contribution >= 0.6 is 0 Å². The molecule has 3 unspecified atom stereocenters. The number of hydrogen-bond donors (Lipinski definition) is 1. The van der Waals surface area contributed by atoms with Crippen molar-refractivity contribution in [1.29, 1.82) is 0 Å². The van der Waals surface area contributed by atoms with Gasteiger partial charge < -0.3 is 14.6 Å². The summed E-state index contributed by atoms with van der Waals surface area (Å²) < 4.78 is 50.7. The largest absolute Gasteiger partial charge is 0.385 e. The molecule has 6 heteroatoms. The Balaban J connectivity index is 1.89. The number of hydrogen-bond acceptors (Lipinski definition) is 3. The molecule has 1 saturated carbocycles. The van der Waals surface area contributed by atoms with Gasteiger partial charge in [-0.1, -0.05) is 0 Å². The molecule has 1 aliphatic carbocycles. The van der Waals surface area contributed by atoms with E-state index in [9.17, 15) is 18.3 Å². The monoisotopic (exact) mass is 288 g/mol. The van der Waals surface area contributed by atoms with Gasteiger partial charge in [-0.15, -0.1) is 0 Å². The zero-order valence-corrected chi connectivity index (χ0v) is 10.7. The summed E-state index contributed by atoms with van der Waals surface area (Å²) in [6.45, 7) is 0.947. The molecule has 0 aromatic heterocycles. The second-order valence-corrected chi connectivity index (χ2v) is 5.35. The van der Waals surface area contributed by atoms with E-state index in [0.717, 1.165) is 12.1 Å². The molecule has 0 spiro atoms. The van der Waals surface area contributed by atoms with Crippen molar-refractivity contribution in [3.8, 4) is 0 Å². The second kappa shape index (κ2) is 5.02. The Morgan fingerprint density at radius 1 is 1.05 bits per heavy atom. The predicted octanol–water partition coefficient (Wildman–Crippen LogP) is 2.26. The van der Waals surface area contributed by atoms with Crippen LogP contribution in [0.4, 0.5) is 13.2 Å². The maximum absolute atomic E-state index is 13.3. The van der Waals surface area contributed by atoms with Gasteiger partial charge in [0.1, 0.15) is 0 Å². The Hall–Kier alpha value is -1.11. The normalized spacial score (nSPS) is 33.8. The molecule has 1 aromatic carbocycles. The van der Waals surface area contributed by atoms with E-state index < -0.39 is 23.1 Å². The van der Waals surface area contributed by atoms with Crippen molar-refractivity contribution in [2.75, 3.05) is 13.2 Å². The highest BCUT2D eigenvalue weighted by Gasteiger charge is 2.43. The molecular weight excluding hydrogens is 273 g/mol. The summed E-state index contributed by atoms with van der Waals surface area (Å²) in [4.78, 5) is 0. The van der Waals surface area contributed by atoms with Gasteiger partial charge >= 0.3 is 0 Å². The molecule has 1 N–H and O–H groups in total. The first-order chi connectivity index (χ1) is 9.49. The third-order valence-electron chi connectivity index (χ3n) is 4.06. The number of halogens is 3. The lowest BCUT2D eigenvalue weighted by molar-refractivity contribution is -0.190. The first-order valence-electron chi connectivity index (χ1n) is 6.60. The average molecular weight is 288 g/mol. The van der Waals surface area contributed by atoms with E-state index in [1.807, 2.05) is 0 Å². The van der Waals surface area contributed by atoms with Crippen molar-refractivity contribution in [1.82, 2.24) is 0 Å². The van der Waals surface area contributed by atoms with Crippen LogP contribution in [0.3, 0.4) is 0 Å². The molecule has 0 radical (unpaired) electrons. The van der Waals surface area contributed by atoms with Crippen LogP contribution in [-0.2, 0) is 15.1 Å². The molecule has 110 valence electrons. The van der Waals surface area contributed by atoms with Gasteiger partial charge in [0.25, 0.3) is 0 Å². The fourth-order valence-corrected chi connectivity index (χ4v) is 2.98. The number of benzene rings is 1. The zero-order chi connectivity index (χ0) is 14.3. The Morgan fingerprint density at radius 3 is 2.30 bits per heavy atom. The molecule has 3 rings (SSSR count). The van der Waals surface area contributed by atoms with Gasteiger partial charge in [0, 0.05) is 6.42 Å². The summed E-state index contributed by atoms with van der Waals surface area (Å²) in [5, 5.41) is 10.6. The van der Waals surface area contributed by atoms with Crippen LogP contribution in [0.5, 0.6) is 0 Å². The summed E-state index contributed by atoms with van der Waals surface area (Å²) in [7, 11) is 0. The Kier molecular flexibility index (Phi) is 3.48. The maximum atomic E-state index is 13.3. The molecule has 1 heterocycles. The van der Waals surface area contributed by atoms with E-state index in [1.54, 1.807) is 0 Å². The summed E-state index contributed by atoms with van der Waals surface area (Å²) in [6, 6.07) is 1.70. The van der Waals surface area contributed by atoms with Crippen LogP contribution in [-0.4, -0.2) is 30.5 Å². The molecule has 1 aromatic rings. The van der Waals surface area contributed by atoms with Gasteiger partial charge in [0.2, 0.25) is 0 Å². The zero-order valence-electron chi connectivity index (χ0n) is 10.7. The molecule has 1 saturated heterocycles. The molecule has 2 fully saturated rings. The molecule has 1 aliphatic heterocycles. The van der Waals surface area contributed by atoms with Gasteiger partial charge in [0.05, 0.1) is 31.0 Å². The van der Waals surface area contributed by atoms with Crippen LogP contribution in [0.15, 0.2) is 12.1 Å². The van der Waals surface area contributed by atoms with E-state index >= 15 is 0 Å². The minimum atomic E-state index is -1.52. The molecular formula is C14H15F3O3. The van der Waals surface area contributed by atoms with Crippen molar-refractivity contribution in [3.63, 3.8) is 0 Å². The minimum absolute atomic E-state index is 0.0431. The summed E-state index contributed by atoms with van der Waals surface area (Å²) in [5.41, 5.74) is -1.38. The smallest absolute Gasteiger partial charge is 0.194 e. The number of ether oxygens (including phenoxy) is 2. The average Bonchev–Trinajstić information content (AvgIpc) is 2.44. The van der Waals surface area contributed by atoms with Gasteiger partial charge in [0.15, 0.2) is 17.5 Å². The standard InChI is InChI=1S/C14H15F3O3/c15-9-5-8(6-10(16)13(9)17)14(18)2-1-11-12(7-14)20-4-3-19-11/h5-6,11-12,18H,1-4,7H2. The highest BCUT2D eigenvalue weighted by atomic mass is 19.2. The van der Waals surface area contributed by atoms with Crippen LogP contribution in [0.1, 0.15) is 24.8 Å². The molecule has 0 amide bonds. The highest BCUT2D eigenvalue weighted by Crippen LogP contribution is 2.40. The third-order valence-corrected chi connectivity index (χ3v) is 4.06. The molecule has 2 aliphatic rings.